The van der Waals surface area contributed by atoms with Gasteiger partial charge in [-0.1, -0.05) is 23.2 Å². The van der Waals surface area contributed by atoms with Crippen LogP contribution in [-0.4, -0.2) is 23.1 Å². The van der Waals surface area contributed by atoms with Crippen molar-refractivity contribution in [1.82, 2.24) is 15.3 Å². The molecule has 92 valence electrons. The number of hydrogen-bond acceptors (Lipinski definition) is 3. The van der Waals surface area contributed by atoms with Gasteiger partial charge in [0.05, 0.1) is 15.6 Å². The molecule has 0 aliphatic carbocycles. The van der Waals surface area contributed by atoms with E-state index < -0.39 is 0 Å². The molecular weight excluding hydrogens is 269 g/mol. The largest absolute Gasteiger partial charge is 0.315 e. The van der Waals surface area contributed by atoms with Crippen LogP contribution in [0.1, 0.15) is 11.5 Å². The van der Waals surface area contributed by atoms with Crippen LogP contribution in [-0.2, 0) is 0 Å². The molecule has 1 N–H and O–H groups in total. The fourth-order valence-corrected chi connectivity index (χ4v) is 2.67. The van der Waals surface area contributed by atoms with E-state index in [1.165, 1.54) is 5.56 Å². The summed E-state index contributed by atoms with van der Waals surface area (Å²) in [5.41, 5.74) is 1.87. The highest BCUT2D eigenvalue weighted by atomic mass is 35.5. The van der Waals surface area contributed by atoms with E-state index in [1.54, 1.807) is 18.5 Å². The Morgan fingerprint density at radius 3 is 2.17 bits per heavy atom. The third kappa shape index (κ3) is 2.09. The SMILES string of the molecule is Clc1cc(C2CNC2)cc(Cl)c1-c1ncccn1. The molecule has 0 atom stereocenters. The van der Waals surface area contributed by atoms with Crippen molar-refractivity contribution >= 4 is 23.2 Å². The van der Waals surface area contributed by atoms with Crippen LogP contribution in [0.4, 0.5) is 0 Å². The molecular formula is C13H11Cl2N3. The summed E-state index contributed by atoms with van der Waals surface area (Å²) in [5.74, 6) is 1.07. The molecule has 18 heavy (non-hydrogen) atoms. The molecule has 1 aromatic heterocycles. The van der Waals surface area contributed by atoms with Gasteiger partial charge in [-0.05, 0) is 23.8 Å². The lowest BCUT2D eigenvalue weighted by atomic mass is 9.93. The monoisotopic (exact) mass is 279 g/mol. The molecule has 1 aliphatic heterocycles. The number of hydrogen-bond donors (Lipinski definition) is 1. The molecule has 0 spiro atoms. The average Bonchev–Trinajstić information content (AvgIpc) is 2.27. The third-order valence-corrected chi connectivity index (χ3v) is 3.70. The molecule has 3 rings (SSSR count). The average molecular weight is 280 g/mol. The van der Waals surface area contributed by atoms with Crippen LogP contribution >= 0.6 is 23.2 Å². The van der Waals surface area contributed by atoms with Crippen molar-refractivity contribution in [2.75, 3.05) is 13.1 Å². The van der Waals surface area contributed by atoms with Crippen LogP contribution < -0.4 is 5.32 Å². The summed E-state index contributed by atoms with van der Waals surface area (Å²) in [6, 6.07) is 5.69. The molecule has 0 amide bonds. The number of nitrogens with zero attached hydrogens (tertiary/aromatic N) is 2. The zero-order valence-corrected chi connectivity index (χ0v) is 11.0. The van der Waals surface area contributed by atoms with Crippen molar-refractivity contribution in [2.24, 2.45) is 0 Å². The summed E-state index contributed by atoms with van der Waals surface area (Å²) >= 11 is 12.6. The summed E-state index contributed by atoms with van der Waals surface area (Å²) in [7, 11) is 0. The first-order chi connectivity index (χ1) is 8.75. The van der Waals surface area contributed by atoms with Crippen molar-refractivity contribution in [1.29, 1.82) is 0 Å². The van der Waals surface area contributed by atoms with E-state index >= 15 is 0 Å². The zero-order valence-electron chi connectivity index (χ0n) is 9.53. The summed E-state index contributed by atoms with van der Waals surface area (Å²) in [6.45, 7) is 1.96. The van der Waals surface area contributed by atoms with Crippen molar-refractivity contribution in [3.8, 4) is 11.4 Å². The minimum atomic E-state index is 0.505. The number of aromatic nitrogens is 2. The van der Waals surface area contributed by atoms with Gasteiger partial charge in [-0.3, -0.25) is 0 Å². The van der Waals surface area contributed by atoms with Gasteiger partial charge in [-0.25, -0.2) is 9.97 Å². The highest BCUT2D eigenvalue weighted by Crippen LogP contribution is 2.36. The Kier molecular flexibility index (Phi) is 3.20. The molecule has 2 heterocycles. The Hall–Kier alpha value is -1.16. The molecule has 3 nitrogen and oxygen atoms in total. The van der Waals surface area contributed by atoms with E-state index in [-0.39, 0.29) is 0 Å². The van der Waals surface area contributed by atoms with Gasteiger partial charge in [0.25, 0.3) is 0 Å². The van der Waals surface area contributed by atoms with E-state index in [0.29, 0.717) is 27.4 Å². The highest BCUT2D eigenvalue weighted by molar-refractivity contribution is 6.39. The van der Waals surface area contributed by atoms with Crippen LogP contribution in [0.5, 0.6) is 0 Å². The van der Waals surface area contributed by atoms with Crippen LogP contribution in [0.3, 0.4) is 0 Å². The smallest absolute Gasteiger partial charge is 0.162 e. The van der Waals surface area contributed by atoms with Crippen molar-refractivity contribution in [3.05, 3.63) is 46.2 Å². The van der Waals surface area contributed by atoms with E-state index in [1.807, 2.05) is 12.1 Å². The lowest BCUT2D eigenvalue weighted by Gasteiger charge is -2.28. The lowest BCUT2D eigenvalue weighted by Crippen LogP contribution is -2.39. The van der Waals surface area contributed by atoms with Gasteiger partial charge in [-0.15, -0.1) is 0 Å². The van der Waals surface area contributed by atoms with Gasteiger partial charge >= 0.3 is 0 Å². The zero-order chi connectivity index (χ0) is 12.5. The summed E-state index contributed by atoms with van der Waals surface area (Å²) < 4.78 is 0. The fraction of sp³-hybridized carbons (Fsp3) is 0.231. The number of rotatable bonds is 2. The van der Waals surface area contributed by atoms with Gasteiger partial charge in [-0.2, -0.15) is 0 Å². The maximum absolute atomic E-state index is 6.31. The first-order valence-corrected chi connectivity index (χ1v) is 6.48. The molecule has 1 aromatic carbocycles. The number of benzene rings is 1. The van der Waals surface area contributed by atoms with Gasteiger partial charge in [0.1, 0.15) is 0 Å². The number of nitrogens with one attached hydrogen (secondary N) is 1. The normalized spacial score (nSPS) is 15.4. The Bertz CT molecular complexity index is 545. The van der Waals surface area contributed by atoms with Crippen LogP contribution in [0.15, 0.2) is 30.6 Å². The maximum Gasteiger partial charge on any atom is 0.162 e. The van der Waals surface area contributed by atoms with Crippen LogP contribution in [0.25, 0.3) is 11.4 Å². The summed E-state index contributed by atoms with van der Waals surface area (Å²) in [6.07, 6.45) is 3.36. The Labute approximate surface area is 115 Å². The lowest BCUT2D eigenvalue weighted by molar-refractivity contribution is 0.448. The van der Waals surface area contributed by atoms with Gasteiger partial charge in [0.2, 0.25) is 0 Å². The van der Waals surface area contributed by atoms with Crippen LogP contribution in [0, 0.1) is 0 Å². The topological polar surface area (TPSA) is 37.8 Å². The second-order valence-corrected chi connectivity index (χ2v) is 5.10. The van der Waals surface area contributed by atoms with Gasteiger partial charge < -0.3 is 5.32 Å². The molecule has 5 heteroatoms. The minimum absolute atomic E-state index is 0.505. The minimum Gasteiger partial charge on any atom is -0.315 e. The molecule has 0 radical (unpaired) electrons. The summed E-state index contributed by atoms with van der Waals surface area (Å²) in [4.78, 5) is 8.37. The Morgan fingerprint density at radius 1 is 1.06 bits per heavy atom. The quantitative estimate of drug-likeness (QED) is 0.918. The molecule has 0 unspecified atom stereocenters. The predicted octanol–water partition coefficient (Wildman–Crippen LogP) is 3.14. The van der Waals surface area contributed by atoms with E-state index in [2.05, 4.69) is 15.3 Å². The third-order valence-electron chi connectivity index (χ3n) is 3.11. The standard InChI is InChI=1S/C13H11Cl2N3/c14-10-4-8(9-6-16-7-9)5-11(15)12(10)13-17-2-1-3-18-13/h1-5,9,16H,6-7H2. The molecule has 2 aromatic rings. The van der Waals surface area contributed by atoms with Crippen molar-refractivity contribution in [2.45, 2.75) is 5.92 Å². The molecule has 0 bridgehead atoms. The van der Waals surface area contributed by atoms with Crippen molar-refractivity contribution < 1.29 is 0 Å². The fourth-order valence-electron chi connectivity index (χ4n) is 1.99. The van der Waals surface area contributed by atoms with Gasteiger partial charge in [0, 0.05) is 31.4 Å². The Balaban J connectivity index is 2.06. The van der Waals surface area contributed by atoms with E-state index in [9.17, 15) is 0 Å². The molecule has 1 fully saturated rings. The molecule has 1 saturated heterocycles. The second-order valence-electron chi connectivity index (χ2n) is 4.29. The predicted molar refractivity (Wildman–Crippen MR) is 73.1 cm³/mol. The summed E-state index contributed by atoms with van der Waals surface area (Å²) in [5, 5.41) is 4.45. The van der Waals surface area contributed by atoms with E-state index in [0.717, 1.165) is 13.1 Å². The Morgan fingerprint density at radius 2 is 1.67 bits per heavy atom. The first-order valence-electron chi connectivity index (χ1n) is 5.73. The molecule has 1 aliphatic rings. The maximum atomic E-state index is 6.31. The molecule has 0 saturated carbocycles. The van der Waals surface area contributed by atoms with E-state index in [4.69, 9.17) is 23.2 Å². The second kappa shape index (κ2) is 4.84. The van der Waals surface area contributed by atoms with Crippen molar-refractivity contribution in [3.63, 3.8) is 0 Å². The van der Waals surface area contributed by atoms with Gasteiger partial charge in [0.15, 0.2) is 5.82 Å². The number of halogens is 2. The van der Waals surface area contributed by atoms with Crippen LogP contribution in [0.2, 0.25) is 10.0 Å². The highest BCUT2D eigenvalue weighted by Gasteiger charge is 2.22. The first kappa shape index (κ1) is 11.9.